The van der Waals surface area contributed by atoms with Crippen molar-refractivity contribution in [1.29, 1.82) is 0 Å². The average molecular weight is 266 g/mol. The Morgan fingerprint density at radius 1 is 1.17 bits per heavy atom. The summed E-state index contributed by atoms with van der Waals surface area (Å²) in [5.74, 6) is -0.0766. The van der Waals surface area contributed by atoms with E-state index >= 15 is 0 Å². The lowest BCUT2D eigenvalue weighted by atomic mass is 10.1. The van der Waals surface area contributed by atoms with Gasteiger partial charge in [-0.3, -0.25) is 10.1 Å². The molecule has 0 atom stereocenters. The second-order valence-corrected chi connectivity index (χ2v) is 5.90. The first kappa shape index (κ1) is 14.6. The molecule has 0 aliphatic carbocycles. The van der Waals surface area contributed by atoms with Gasteiger partial charge in [-0.25, -0.2) is 4.79 Å². The summed E-state index contributed by atoms with van der Waals surface area (Å²) in [6.45, 7) is 5.57. The fraction of sp³-hybridized carbons (Fsp3) is 0.385. The summed E-state index contributed by atoms with van der Waals surface area (Å²) >= 11 is 1.40. The van der Waals surface area contributed by atoms with Gasteiger partial charge >= 0.3 is 6.03 Å². The average Bonchev–Trinajstić information content (AvgIpc) is 2.25. The van der Waals surface area contributed by atoms with E-state index in [1.165, 1.54) is 11.8 Å². The van der Waals surface area contributed by atoms with E-state index in [1.807, 2.05) is 51.1 Å². The predicted octanol–water partition coefficient (Wildman–Crippen LogP) is 2.40. The van der Waals surface area contributed by atoms with Crippen LogP contribution in [0, 0.1) is 0 Å². The molecule has 3 amide bonds. The first-order valence-electron chi connectivity index (χ1n) is 5.67. The van der Waals surface area contributed by atoms with E-state index in [2.05, 4.69) is 10.6 Å². The number of hydrogen-bond donors (Lipinski definition) is 2. The Hall–Kier alpha value is -1.49. The summed E-state index contributed by atoms with van der Waals surface area (Å²) in [6.07, 6.45) is 0. The Morgan fingerprint density at radius 2 is 1.78 bits per heavy atom. The van der Waals surface area contributed by atoms with Crippen LogP contribution >= 0.6 is 11.8 Å². The zero-order valence-electron chi connectivity index (χ0n) is 10.8. The maximum Gasteiger partial charge on any atom is 0.321 e. The zero-order chi connectivity index (χ0) is 13.6. The van der Waals surface area contributed by atoms with E-state index in [0.29, 0.717) is 0 Å². The largest absolute Gasteiger partial charge is 0.333 e. The fourth-order valence-corrected chi connectivity index (χ4v) is 1.92. The van der Waals surface area contributed by atoms with Gasteiger partial charge in [0.05, 0.1) is 5.75 Å². The summed E-state index contributed by atoms with van der Waals surface area (Å²) < 4.78 is 0. The molecular weight excluding hydrogens is 248 g/mol. The van der Waals surface area contributed by atoms with Crippen molar-refractivity contribution in [2.24, 2.45) is 0 Å². The van der Waals surface area contributed by atoms with Crippen molar-refractivity contribution < 1.29 is 9.59 Å². The topological polar surface area (TPSA) is 58.2 Å². The van der Waals surface area contributed by atoms with Crippen LogP contribution in [0.4, 0.5) is 4.79 Å². The van der Waals surface area contributed by atoms with Crippen molar-refractivity contribution in [3.63, 3.8) is 0 Å². The summed E-state index contributed by atoms with van der Waals surface area (Å²) in [5, 5.41) is 4.96. The highest BCUT2D eigenvalue weighted by Crippen LogP contribution is 2.16. The molecule has 1 rings (SSSR count). The molecule has 0 spiro atoms. The molecule has 0 aliphatic heterocycles. The van der Waals surface area contributed by atoms with Crippen molar-refractivity contribution in [1.82, 2.24) is 10.6 Å². The fourth-order valence-electron chi connectivity index (χ4n) is 1.20. The van der Waals surface area contributed by atoms with Gasteiger partial charge in [0.25, 0.3) is 0 Å². The van der Waals surface area contributed by atoms with Gasteiger partial charge < -0.3 is 5.32 Å². The number of rotatable bonds is 3. The van der Waals surface area contributed by atoms with Crippen molar-refractivity contribution in [3.8, 4) is 0 Å². The first-order valence-corrected chi connectivity index (χ1v) is 6.65. The molecule has 0 saturated carbocycles. The van der Waals surface area contributed by atoms with Crippen molar-refractivity contribution >= 4 is 23.7 Å². The lowest BCUT2D eigenvalue weighted by Gasteiger charge is -2.20. The third-order valence-electron chi connectivity index (χ3n) is 1.85. The molecule has 0 bridgehead atoms. The minimum absolute atomic E-state index is 0.224. The Morgan fingerprint density at radius 3 is 2.33 bits per heavy atom. The third-order valence-corrected chi connectivity index (χ3v) is 2.87. The Labute approximate surface area is 112 Å². The van der Waals surface area contributed by atoms with E-state index in [1.54, 1.807) is 0 Å². The van der Waals surface area contributed by atoms with E-state index in [-0.39, 0.29) is 17.2 Å². The second kappa shape index (κ2) is 6.44. The van der Waals surface area contributed by atoms with Gasteiger partial charge in [-0.1, -0.05) is 18.2 Å². The molecule has 0 aliphatic rings. The number of urea groups is 1. The van der Waals surface area contributed by atoms with Crippen LogP contribution in [-0.4, -0.2) is 23.2 Å². The lowest BCUT2D eigenvalue weighted by Crippen LogP contribution is -2.48. The molecule has 0 fully saturated rings. The third kappa shape index (κ3) is 6.30. The molecule has 2 N–H and O–H groups in total. The molecule has 0 saturated heterocycles. The molecule has 18 heavy (non-hydrogen) atoms. The molecule has 98 valence electrons. The molecule has 5 heteroatoms. The van der Waals surface area contributed by atoms with Gasteiger partial charge in [-0.05, 0) is 32.9 Å². The number of amides is 3. The highest BCUT2D eigenvalue weighted by atomic mass is 32.2. The lowest BCUT2D eigenvalue weighted by molar-refractivity contribution is -0.117. The molecule has 0 radical (unpaired) electrons. The van der Waals surface area contributed by atoms with Gasteiger partial charge in [0.1, 0.15) is 0 Å². The summed E-state index contributed by atoms with van der Waals surface area (Å²) in [5.41, 5.74) is -0.350. The van der Waals surface area contributed by atoms with Crippen molar-refractivity contribution in [3.05, 3.63) is 30.3 Å². The molecule has 4 nitrogen and oxygen atoms in total. The van der Waals surface area contributed by atoms with E-state index < -0.39 is 6.03 Å². The maximum absolute atomic E-state index is 11.5. The van der Waals surface area contributed by atoms with Crippen LogP contribution in [0.3, 0.4) is 0 Å². The summed E-state index contributed by atoms with van der Waals surface area (Å²) in [7, 11) is 0. The number of hydrogen-bond acceptors (Lipinski definition) is 3. The second-order valence-electron chi connectivity index (χ2n) is 4.85. The molecule has 0 aromatic heterocycles. The van der Waals surface area contributed by atoms with Crippen molar-refractivity contribution in [2.45, 2.75) is 31.2 Å². The molecule has 1 aromatic carbocycles. The van der Waals surface area contributed by atoms with E-state index in [9.17, 15) is 9.59 Å². The Bertz CT molecular complexity index is 413. The predicted molar refractivity (Wildman–Crippen MR) is 73.6 cm³/mol. The van der Waals surface area contributed by atoms with Gasteiger partial charge in [0, 0.05) is 10.4 Å². The minimum Gasteiger partial charge on any atom is -0.333 e. The van der Waals surface area contributed by atoms with Crippen LogP contribution in [0.2, 0.25) is 0 Å². The first-order chi connectivity index (χ1) is 8.37. The maximum atomic E-state index is 11.5. The number of carbonyl (C=O) groups excluding carboxylic acids is 2. The smallest absolute Gasteiger partial charge is 0.321 e. The minimum atomic E-state index is -0.457. The zero-order valence-corrected chi connectivity index (χ0v) is 11.6. The van der Waals surface area contributed by atoms with Gasteiger partial charge in [0.2, 0.25) is 5.91 Å². The van der Waals surface area contributed by atoms with Crippen LogP contribution in [0.15, 0.2) is 35.2 Å². The summed E-state index contributed by atoms with van der Waals surface area (Å²) in [6, 6.07) is 9.13. The van der Waals surface area contributed by atoms with Gasteiger partial charge in [-0.15, -0.1) is 11.8 Å². The Kier molecular flexibility index (Phi) is 5.22. The highest BCUT2D eigenvalue weighted by molar-refractivity contribution is 8.00. The number of thioether (sulfide) groups is 1. The number of nitrogens with one attached hydrogen (secondary N) is 2. The van der Waals surface area contributed by atoms with Crippen LogP contribution in [0.5, 0.6) is 0 Å². The van der Waals surface area contributed by atoms with Crippen LogP contribution in [-0.2, 0) is 4.79 Å². The molecule has 0 heterocycles. The number of carbonyl (C=O) groups is 2. The van der Waals surface area contributed by atoms with Gasteiger partial charge in [0.15, 0.2) is 0 Å². The van der Waals surface area contributed by atoms with Crippen molar-refractivity contribution in [2.75, 3.05) is 5.75 Å². The summed E-state index contributed by atoms with van der Waals surface area (Å²) in [4.78, 5) is 24.0. The number of benzene rings is 1. The molecule has 0 unspecified atom stereocenters. The normalized spacial score (nSPS) is 10.8. The molecular formula is C13H18N2O2S. The molecule has 1 aromatic rings. The standard InChI is InChI=1S/C13H18N2O2S/c1-13(2,3)15-12(17)14-11(16)9-18-10-7-5-4-6-8-10/h4-8H,9H2,1-3H3,(H2,14,15,16,17). The van der Waals surface area contributed by atoms with Crippen LogP contribution in [0.1, 0.15) is 20.8 Å². The van der Waals surface area contributed by atoms with Crippen LogP contribution in [0.25, 0.3) is 0 Å². The SMILES string of the molecule is CC(C)(C)NC(=O)NC(=O)CSc1ccccc1. The quantitative estimate of drug-likeness (QED) is 0.826. The Balaban J connectivity index is 2.32. The van der Waals surface area contributed by atoms with Crippen LogP contribution < -0.4 is 10.6 Å². The number of imide groups is 1. The highest BCUT2D eigenvalue weighted by Gasteiger charge is 2.15. The van der Waals surface area contributed by atoms with E-state index in [4.69, 9.17) is 0 Å². The monoisotopic (exact) mass is 266 g/mol. The van der Waals surface area contributed by atoms with E-state index in [0.717, 1.165) is 4.90 Å². The van der Waals surface area contributed by atoms with Gasteiger partial charge in [-0.2, -0.15) is 0 Å².